The lowest BCUT2D eigenvalue weighted by Crippen LogP contribution is -2.34. The number of hydrogen-bond acceptors (Lipinski definition) is 4. The quantitative estimate of drug-likeness (QED) is 0.853. The Morgan fingerprint density at radius 2 is 1.81 bits per heavy atom. The number of fused-ring (bicyclic) bond motifs is 1. The summed E-state index contributed by atoms with van der Waals surface area (Å²) in [7, 11) is 0. The minimum atomic E-state index is -0.732. The fourth-order valence-corrected chi connectivity index (χ4v) is 2.22. The van der Waals surface area contributed by atoms with Gasteiger partial charge in [-0.3, -0.25) is 0 Å². The second kappa shape index (κ2) is 6.39. The summed E-state index contributed by atoms with van der Waals surface area (Å²) in [6.45, 7) is 8.62. The van der Waals surface area contributed by atoms with Crippen molar-refractivity contribution in [2.45, 2.75) is 46.1 Å². The number of para-hydroxylation sites is 2. The highest BCUT2D eigenvalue weighted by atomic mass is 16.3. The van der Waals surface area contributed by atoms with Crippen molar-refractivity contribution in [1.82, 2.24) is 9.97 Å². The molecule has 1 aromatic carbocycles. The van der Waals surface area contributed by atoms with Crippen LogP contribution in [0.2, 0.25) is 0 Å². The van der Waals surface area contributed by atoms with Crippen molar-refractivity contribution in [2.75, 3.05) is 11.9 Å². The summed E-state index contributed by atoms with van der Waals surface area (Å²) in [6, 6.07) is 7.82. The van der Waals surface area contributed by atoms with Gasteiger partial charge < -0.3 is 10.4 Å². The van der Waals surface area contributed by atoms with Crippen molar-refractivity contribution in [3.63, 3.8) is 0 Å². The molecule has 0 radical (unpaired) electrons. The van der Waals surface area contributed by atoms with Crippen LogP contribution < -0.4 is 5.32 Å². The van der Waals surface area contributed by atoms with Crippen LogP contribution in [0.25, 0.3) is 11.0 Å². The number of rotatable bonds is 6. The highest BCUT2D eigenvalue weighted by Crippen LogP contribution is 2.20. The predicted molar refractivity (Wildman–Crippen MR) is 87.5 cm³/mol. The Kier molecular flexibility index (Phi) is 4.78. The topological polar surface area (TPSA) is 58.0 Å². The maximum absolute atomic E-state index is 10.4. The molecule has 0 aliphatic rings. The highest BCUT2D eigenvalue weighted by Gasteiger charge is 2.21. The molecule has 1 atom stereocenters. The molecule has 4 nitrogen and oxygen atoms in total. The van der Waals surface area contributed by atoms with Crippen molar-refractivity contribution in [1.29, 1.82) is 0 Å². The number of aryl methyl sites for hydroxylation is 1. The van der Waals surface area contributed by atoms with Crippen molar-refractivity contribution in [2.24, 2.45) is 5.92 Å². The van der Waals surface area contributed by atoms with Gasteiger partial charge in [-0.15, -0.1) is 0 Å². The van der Waals surface area contributed by atoms with Gasteiger partial charge in [-0.1, -0.05) is 26.0 Å². The summed E-state index contributed by atoms with van der Waals surface area (Å²) in [5.41, 5.74) is 1.89. The van der Waals surface area contributed by atoms with E-state index < -0.39 is 5.60 Å². The van der Waals surface area contributed by atoms with Crippen molar-refractivity contribution in [3.8, 4) is 0 Å². The molecular weight excluding hydrogens is 262 g/mol. The molecule has 2 N–H and O–H groups in total. The fraction of sp³-hybridized carbons (Fsp3) is 0.529. The molecule has 1 heterocycles. The Labute approximate surface area is 126 Å². The second-order valence-corrected chi connectivity index (χ2v) is 6.43. The molecule has 0 saturated heterocycles. The maximum Gasteiger partial charge on any atom is 0.148 e. The summed E-state index contributed by atoms with van der Waals surface area (Å²) in [4.78, 5) is 9.13. The standard InChI is InChI=1S/C17H25N3O/c1-12(2)9-10-17(4,21)11-18-16-13(3)19-14-7-5-6-8-15(14)20-16/h5-8,12,21H,9-11H2,1-4H3,(H,18,20). The molecule has 0 fully saturated rings. The fourth-order valence-electron chi connectivity index (χ4n) is 2.22. The van der Waals surface area contributed by atoms with Crippen molar-refractivity contribution < 1.29 is 5.11 Å². The zero-order valence-corrected chi connectivity index (χ0v) is 13.3. The number of nitrogens with zero attached hydrogens (tertiary/aromatic N) is 2. The Balaban J connectivity index is 2.07. The third-order valence-electron chi connectivity index (χ3n) is 3.64. The highest BCUT2D eigenvalue weighted by molar-refractivity contribution is 5.76. The van der Waals surface area contributed by atoms with E-state index in [1.807, 2.05) is 38.1 Å². The van der Waals surface area contributed by atoms with E-state index in [-0.39, 0.29) is 0 Å². The first-order valence-electron chi connectivity index (χ1n) is 7.57. The van der Waals surface area contributed by atoms with E-state index in [1.54, 1.807) is 0 Å². The van der Waals surface area contributed by atoms with Gasteiger partial charge in [-0.05, 0) is 44.7 Å². The summed E-state index contributed by atoms with van der Waals surface area (Å²) >= 11 is 0. The summed E-state index contributed by atoms with van der Waals surface area (Å²) in [5.74, 6) is 1.34. The van der Waals surface area contributed by atoms with E-state index >= 15 is 0 Å². The van der Waals surface area contributed by atoms with Gasteiger partial charge in [0.15, 0.2) is 0 Å². The number of aliphatic hydroxyl groups is 1. The first kappa shape index (κ1) is 15.7. The Hall–Kier alpha value is -1.68. The molecule has 2 aromatic rings. The van der Waals surface area contributed by atoms with Crippen molar-refractivity contribution >= 4 is 16.9 Å². The first-order chi connectivity index (χ1) is 9.87. The van der Waals surface area contributed by atoms with Crippen LogP contribution in [-0.2, 0) is 0 Å². The summed E-state index contributed by atoms with van der Waals surface area (Å²) in [6.07, 6.45) is 1.79. The van der Waals surface area contributed by atoms with Gasteiger partial charge in [0.1, 0.15) is 5.82 Å². The van der Waals surface area contributed by atoms with Gasteiger partial charge in [0.2, 0.25) is 0 Å². The number of aromatic nitrogens is 2. The lowest BCUT2D eigenvalue weighted by atomic mass is 9.95. The zero-order chi connectivity index (χ0) is 15.5. The van der Waals surface area contributed by atoms with Crippen LogP contribution in [0.15, 0.2) is 24.3 Å². The van der Waals surface area contributed by atoms with E-state index in [0.29, 0.717) is 12.5 Å². The van der Waals surface area contributed by atoms with Gasteiger partial charge in [0, 0.05) is 6.54 Å². The van der Waals surface area contributed by atoms with Crippen LogP contribution in [0, 0.1) is 12.8 Å². The smallest absolute Gasteiger partial charge is 0.148 e. The van der Waals surface area contributed by atoms with Crippen LogP contribution >= 0.6 is 0 Å². The van der Waals surface area contributed by atoms with E-state index in [9.17, 15) is 5.11 Å². The molecule has 0 aliphatic carbocycles. The summed E-state index contributed by atoms with van der Waals surface area (Å²) in [5, 5.41) is 13.7. The Morgan fingerprint density at radius 3 is 2.43 bits per heavy atom. The van der Waals surface area contributed by atoms with Gasteiger partial charge in [0.25, 0.3) is 0 Å². The molecule has 114 valence electrons. The minimum Gasteiger partial charge on any atom is -0.388 e. The van der Waals surface area contributed by atoms with Crippen LogP contribution in [0.3, 0.4) is 0 Å². The predicted octanol–water partition coefficient (Wildman–Crippen LogP) is 3.54. The lowest BCUT2D eigenvalue weighted by Gasteiger charge is -2.25. The maximum atomic E-state index is 10.4. The Bertz CT molecular complexity index is 608. The molecule has 21 heavy (non-hydrogen) atoms. The second-order valence-electron chi connectivity index (χ2n) is 6.43. The van der Waals surface area contributed by atoms with E-state index in [4.69, 9.17) is 0 Å². The molecule has 0 spiro atoms. The molecule has 4 heteroatoms. The van der Waals surface area contributed by atoms with Crippen molar-refractivity contribution in [3.05, 3.63) is 30.0 Å². The third-order valence-corrected chi connectivity index (χ3v) is 3.64. The molecule has 1 aromatic heterocycles. The molecular formula is C17H25N3O. The van der Waals surface area contributed by atoms with Crippen LogP contribution in [0.1, 0.15) is 39.3 Å². The number of nitrogens with one attached hydrogen (secondary N) is 1. The molecule has 1 unspecified atom stereocenters. The average Bonchev–Trinajstić information content (AvgIpc) is 2.43. The summed E-state index contributed by atoms with van der Waals surface area (Å²) < 4.78 is 0. The number of hydrogen-bond donors (Lipinski definition) is 2. The van der Waals surface area contributed by atoms with E-state index in [2.05, 4.69) is 29.1 Å². The molecule has 0 bridgehead atoms. The zero-order valence-electron chi connectivity index (χ0n) is 13.3. The first-order valence-corrected chi connectivity index (χ1v) is 7.57. The van der Waals surface area contributed by atoms with E-state index in [0.717, 1.165) is 35.4 Å². The van der Waals surface area contributed by atoms with Gasteiger partial charge in [-0.25, -0.2) is 9.97 Å². The molecule has 2 rings (SSSR count). The van der Waals surface area contributed by atoms with E-state index in [1.165, 1.54) is 0 Å². The Morgan fingerprint density at radius 1 is 1.19 bits per heavy atom. The monoisotopic (exact) mass is 287 g/mol. The minimum absolute atomic E-state index is 0.480. The van der Waals surface area contributed by atoms with Gasteiger partial charge >= 0.3 is 0 Å². The van der Waals surface area contributed by atoms with Crippen LogP contribution in [-0.4, -0.2) is 27.2 Å². The SMILES string of the molecule is Cc1nc2ccccc2nc1NCC(C)(O)CCC(C)C. The van der Waals surface area contributed by atoms with Crippen LogP contribution in [0.5, 0.6) is 0 Å². The number of benzene rings is 1. The normalized spacial score (nSPS) is 14.4. The molecule has 0 amide bonds. The average molecular weight is 287 g/mol. The third kappa shape index (κ3) is 4.39. The lowest BCUT2D eigenvalue weighted by molar-refractivity contribution is 0.0585. The van der Waals surface area contributed by atoms with Gasteiger partial charge in [0.05, 0.1) is 22.3 Å². The largest absolute Gasteiger partial charge is 0.388 e. The van der Waals surface area contributed by atoms with Crippen LogP contribution in [0.4, 0.5) is 5.82 Å². The number of anilines is 1. The molecule has 0 aliphatic heterocycles. The molecule has 0 saturated carbocycles. The van der Waals surface area contributed by atoms with Gasteiger partial charge in [-0.2, -0.15) is 0 Å².